The van der Waals surface area contributed by atoms with Crippen LogP contribution in [-0.4, -0.2) is 20.1 Å². The highest BCUT2D eigenvalue weighted by molar-refractivity contribution is 6.28. The maximum atomic E-state index is 12.1. The number of aromatic nitrogens is 4. The fourth-order valence-electron chi connectivity index (χ4n) is 0.884. The van der Waals surface area contributed by atoms with Gasteiger partial charge >= 0.3 is 12.1 Å². The number of halogens is 4. The summed E-state index contributed by atoms with van der Waals surface area (Å²) in [6.45, 7) is 0. The zero-order valence-electron chi connectivity index (χ0n) is 7.36. The smallest absolute Gasteiger partial charge is 0.329 e. The van der Waals surface area contributed by atoms with Crippen molar-refractivity contribution < 1.29 is 17.7 Å². The van der Waals surface area contributed by atoms with E-state index < -0.39 is 12.1 Å². The lowest BCUT2D eigenvalue weighted by Crippen LogP contribution is -2.04. The van der Waals surface area contributed by atoms with Crippen molar-refractivity contribution in [1.29, 1.82) is 0 Å². The molecule has 2 rings (SSSR count). The Balaban J connectivity index is 2.35. The first-order valence-electron chi connectivity index (χ1n) is 3.85. The van der Waals surface area contributed by atoms with Crippen molar-refractivity contribution in [2.45, 2.75) is 6.18 Å². The maximum absolute atomic E-state index is 12.1. The molecule has 0 saturated carbocycles. The Hall–Kier alpha value is -1.70. The minimum absolute atomic E-state index is 0.0247. The second-order valence-corrected chi connectivity index (χ2v) is 3.00. The molecule has 84 valence electrons. The van der Waals surface area contributed by atoms with Crippen molar-refractivity contribution in [3.05, 3.63) is 23.6 Å². The Morgan fingerprint density at radius 1 is 1.19 bits per heavy atom. The SMILES string of the molecule is FC(F)(F)c1nc(-c2cnc(Cl)nc2)no1. The average Bonchev–Trinajstić information content (AvgIpc) is 2.67. The number of nitrogens with zero attached hydrogens (tertiary/aromatic N) is 4. The van der Waals surface area contributed by atoms with Crippen molar-refractivity contribution in [1.82, 2.24) is 20.1 Å². The second-order valence-electron chi connectivity index (χ2n) is 2.66. The standard InChI is InChI=1S/C7H2ClF3N4O/c8-6-12-1-3(2-13-6)4-14-5(16-15-4)7(9,10)11/h1-2H. The molecule has 0 radical (unpaired) electrons. The van der Waals surface area contributed by atoms with Crippen LogP contribution >= 0.6 is 11.6 Å². The molecule has 0 fully saturated rings. The molecular formula is C7H2ClF3N4O. The summed E-state index contributed by atoms with van der Waals surface area (Å²) in [5, 5.41) is 3.13. The predicted octanol–water partition coefficient (Wildman–Crippen LogP) is 2.20. The average molecular weight is 251 g/mol. The number of rotatable bonds is 1. The monoisotopic (exact) mass is 250 g/mol. The van der Waals surface area contributed by atoms with Gasteiger partial charge in [-0.1, -0.05) is 5.16 Å². The number of hydrogen-bond acceptors (Lipinski definition) is 5. The van der Waals surface area contributed by atoms with Gasteiger partial charge in [-0.2, -0.15) is 18.2 Å². The van der Waals surface area contributed by atoms with Crippen LogP contribution in [0.2, 0.25) is 5.28 Å². The molecule has 2 heterocycles. The van der Waals surface area contributed by atoms with E-state index in [0.717, 1.165) is 0 Å². The van der Waals surface area contributed by atoms with Crippen molar-refractivity contribution >= 4 is 11.6 Å². The zero-order chi connectivity index (χ0) is 11.8. The van der Waals surface area contributed by atoms with E-state index in [9.17, 15) is 13.2 Å². The minimum atomic E-state index is -4.67. The van der Waals surface area contributed by atoms with Crippen LogP contribution in [0.1, 0.15) is 5.89 Å². The van der Waals surface area contributed by atoms with Crippen molar-refractivity contribution in [3.63, 3.8) is 0 Å². The molecule has 0 aliphatic heterocycles. The fraction of sp³-hybridized carbons (Fsp3) is 0.143. The molecule has 0 unspecified atom stereocenters. The molecular weight excluding hydrogens is 249 g/mol. The summed E-state index contributed by atoms with van der Waals surface area (Å²) in [5.74, 6) is -1.67. The minimum Gasteiger partial charge on any atom is -0.329 e. The van der Waals surface area contributed by atoms with Crippen LogP contribution in [0.15, 0.2) is 16.9 Å². The number of alkyl halides is 3. The van der Waals surface area contributed by atoms with E-state index in [4.69, 9.17) is 11.6 Å². The van der Waals surface area contributed by atoms with E-state index >= 15 is 0 Å². The predicted molar refractivity (Wildman–Crippen MR) is 45.3 cm³/mol. The maximum Gasteiger partial charge on any atom is 0.471 e. The summed E-state index contributed by atoms with van der Waals surface area (Å²) >= 11 is 5.41. The van der Waals surface area contributed by atoms with Crippen LogP contribution in [0.25, 0.3) is 11.4 Å². The summed E-state index contributed by atoms with van der Waals surface area (Å²) in [5.41, 5.74) is 0.184. The van der Waals surface area contributed by atoms with E-state index in [1.165, 1.54) is 12.4 Å². The van der Waals surface area contributed by atoms with Crippen molar-refractivity contribution in [3.8, 4) is 11.4 Å². The third-order valence-corrected chi connectivity index (χ3v) is 1.74. The van der Waals surface area contributed by atoms with Gasteiger partial charge in [-0.3, -0.25) is 0 Å². The first-order chi connectivity index (χ1) is 7.47. The summed E-state index contributed by atoms with van der Waals surface area (Å²) in [7, 11) is 0. The summed E-state index contributed by atoms with van der Waals surface area (Å²) < 4.78 is 40.4. The van der Waals surface area contributed by atoms with Gasteiger partial charge in [0.2, 0.25) is 11.1 Å². The zero-order valence-corrected chi connectivity index (χ0v) is 8.12. The molecule has 0 N–H and O–H groups in total. The van der Waals surface area contributed by atoms with Crippen LogP contribution in [0.3, 0.4) is 0 Å². The van der Waals surface area contributed by atoms with E-state index in [2.05, 4.69) is 24.6 Å². The van der Waals surface area contributed by atoms with Gasteiger partial charge in [0.05, 0.1) is 5.56 Å². The van der Waals surface area contributed by atoms with Crippen LogP contribution in [0.5, 0.6) is 0 Å². The van der Waals surface area contributed by atoms with Gasteiger partial charge in [0.15, 0.2) is 0 Å². The van der Waals surface area contributed by atoms with E-state index in [1.807, 2.05) is 0 Å². The Morgan fingerprint density at radius 3 is 2.31 bits per heavy atom. The highest BCUT2D eigenvalue weighted by atomic mass is 35.5. The van der Waals surface area contributed by atoms with Gasteiger partial charge in [-0.25, -0.2) is 9.97 Å². The van der Waals surface area contributed by atoms with Gasteiger partial charge in [-0.05, 0) is 11.6 Å². The summed E-state index contributed by atoms with van der Waals surface area (Å²) in [6.07, 6.45) is -2.28. The van der Waals surface area contributed by atoms with Gasteiger partial charge in [0.25, 0.3) is 0 Å². The van der Waals surface area contributed by atoms with Crippen LogP contribution < -0.4 is 0 Å². The van der Waals surface area contributed by atoms with Gasteiger partial charge in [0.1, 0.15) is 0 Å². The Bertz CT molecular complexity index is 495. The molecule has 0 amide bonds. The first kappa shape index (κ1) is 10.8. The van der Waals surface area contributed by atoms with Crippen LogP contribution in [0.4, 0.5) is 13.2 Å². The third-order valence-electron chi connectivity index (χ3n) is 1.55. The molecule has 2 aromatic heterocycles. The quantitative estimate of drug-likeness (QED) is 0.726. The lowest BCUT2D eigenvalue weighted by Gasteiger charge is -1.96. The topological polar surface area (TPSA) is 64.7 Å². The molecule has 0 saturated heterocycles. The van der Waals surface area contributed by atoms with Crippen LogP contribution in [0, 0.1) is 0 Å². The van der Waals surface area contributed by atoms with E-state index in [0.29, 0.717) is 0 Å². The molecule has 16 heavy (non-hydrogen) atoms. The van der Waals surface area contributed by atoms with Crippen molar-refractivity contribution in [2.24, 2.45) is 0 Å². The lowest BCUT2D eigenvalue weighted by molar-refractivity contribution is -0.159. The highest BCUT2D eigenvalue weighted by Gasteiger charge is 2.38. The number of hydrogen-bond donors (Lipinski definition) is 0. The lowest BCUT2D eigenvalue weighted by atomic mass is 10.3. The van der Waals surface area contributed by atoms with Gasteiger partial charge in [-0.15, -0.1) is 0 Å². The molecule has 2 aromatic rings. The molecule has 0 spiro atoms. The largest absolute Gasteiger partial charge is 0.471 e. The van der Waals surface area contributed by atoms with Gasteiger partial charge < -0.3 is 4.52 Å². The summed E-state index contributed by atoms with van der Waals surface area (Å²) in [6, 6.07) is 0. The Labute approximate surface area is 91.3 Å². The second kappa shape index (κ2) is 3.71. The molecule has 5 nitrogen and oxygen atoms in total. The normalized spacial score (nSPS) is 11.8. The molecule has 0 atom stereocenters. The first-order valence-corrected chi connectivity index (χ1v) is 4.23. The highest BCUT2D eigenvalue weighted by Crippen LogP contribution is 2.29. The molecule has 9 heteroatoms. The summed E-state index contributed by atoms with van der Waals surface area (Å²) in [4.78, 5) is 10.3. The van der Waals surface area contributed by atoms with Gasteiger partial charge in [0, 0.05) is 12.4 Å². The molecule has 0 bridgehead atoms. The molecule has 0 aliphatic carbocycles. The fourth-order valence-corrected chi connectivity index (χ4v) is 0.981. The third kappa shape index (κ3) is 2.11. The Morgan fingerprint density at radius 2 is 1.81 bits per heavy atom. The Kier molecular flexibility index (Phi) is 2.50. The van der Waals surface area contributed by atoms with E-state index in [1.54, 1.807) is 0 Å². The molecule has 0 aromatic carbocycles. The van der Waals surface area contributed by atoms with Crippen molar-refractivity contribution in [2.75, 3.05) is 0 Å². The molecule has 0 aliphatic rings. The van der Waals surface area contributed by atoms with Crippen LogP contribution in [-0.2, 0) is 6.18 Å². The van der Waals surface area contributed by atoms with E-state index in [-0.39, 0.29) is 16.7 Å².